The number of amides is 1. The zero-order valence-electron chi connectivity index (χ0n) is 12.9. The van der Waals surface area contributed by atoms with Crippen molar-refractivity contribution in [1.29, 1.82) is 0 Å². The molecule has 0 fully saturated rings. The van der Waals surface area contributed by atoms with Crippen LogP contribution in [-0.2, 0) is 11.3 Å². The molecule has 2 aromatic rings. The summed E-state index contributed by atoms with van der Waals surface area (Å²) in [6, 6.07) is 10.6. The summed E-state index contributed by atoms with van der Waals surface area (Å²) < 4.78 is 31.5. The van der Waals surface area contributed by atoms with Crippen LogP contribution in [-0.4, -0.2) is 12.5 Å². The van der Waals surface area contributed by atoms with Crippen molar-refractivity contribution in [3.63, 3.8) is 0 Å². The van der Waals surface area contributed by atoms with Crippen LogP contribution in [0.25, 0.3) is 0 Å². The van der Waals surface area contributed by atoms with Crippen LogP contribution in [0.3, 0.4) is 0 Å². The lowest BCUT2D eigenvalue weighted by molar-refractivity contribution is -0.121. The normalized spacial score (nSPS) is 10.4. The second-order valence-electron chi connectivity index (χ2n) is 5.27. The molecule has 2 aromatic carbocycles. The summed E-state index contributed by atoms with van der Waals surface area (Å²) in [6.07, 6.45) is 0.862. The van der Waals surface area contributed by atoms with Gasteiger partial charge in [0.05, 0.1) is 6.61 Å². The van der Waals surface area contributed by atoms with E-state index in [4.69, 9.17) is 4.74 Å². The fraction of sp³-hybridized carbons (Fsp3) is 0.278. The number of aryl methyl sites for hydroxylation is 1. The van der Waals surface area contributed by atoms with Crippen molar-refractivity contribution in [3.8, 4) is 5.75 Å². The van der Waals surface area contributed by atoms with Gasteiger partial charge < -0.3 is 10.1 Å². The predicted molar refractivity (Wildman–Crippen MR) is 84.1 cm³/mol. The SMILES string of the molecule is Cc1ccc(CNC(=O)CCCOc2ccc(F)cc2)cc1F. The Bertz CT molecular complexity index is 657. The highest BCUT2D eigenvalue weighted by Gasteiger charge is 2.04. The summed E-state index contributed by atoms with van der Waals surface area (Å²) in [4.78, 5) is 11.7. The molecule has 0 aliphatic carbocycles. The van der Waals surface area contributed by atoms with Gasteiger partial charge in [-0.25, -0.2) is 8.78 Å². The van der Waals surface area contributed by atoms with Crippen LogP contribution in [0.1, 0.15) is 24.0 Å². The van der Waals surface area contributed by atoms with E-state index < -0.39 is 0 Å². The molecule has 2 rings (SSSR count). The van der Waals surface area contributed by atoms with Gasteiger partial charge in [0.2, 0.25) is 5.91 Å². The minimum absolute atomic E-state index is 0.117. The number of hydrogen-bond donors (Lipinski definition) is 1. The molecule has 0 heterocycles. The van der Waals surface area contributed by atoms with Crippen LogP contribution in [0.2, 0.25) is 0 Å². The number of rotatable bonds is 7. The first-order valence-electron chi connectivity index (χ1n) is 7.44. The van der Waals surface area contributed by atoms with E-state index in [1.807, 2.05) is 0 Å². The Morgan fingerprint density at radius 3 is 2.57 bits per heavy atom. The molecule has 0 aromatic heterocycles. The van der Waals surface area contributed by atoms with Gasteiger partial charge in [0, 0.05) is 13.0 Å². The minimum atomic E-state index is -0.315. The molecule has 0 radical (unpaired) electrons. The first-order chi connectivity index (χ1) is 11.0. The van der Waals surface area contributed by atoms with E-state index in [0.717, 1.165) is 5.56 Å². The molecule has 3 nitrogen and oxygen atoms in total. The van der Waals surface area contributed by atoms with Gasteiger partial charge in [-0.1, -0.05) is 12.1 Å². The third-order valence-electron chi connectivity index (χ3n) is 3.36. The van der Waals surface area contributed by atoms with Gasteiger partial charge in [0.15, 0.2) is 0 Å². The van der Waals surface area contributed by atoms with E-state index >= 15 is 0 Å². The van der Waals surface area contributed by atoms with E-state index in [-0.39, 0.29) is 17.5 Å². The van der Waals surface area contributed by atoms with Crippen LogP contribution in [0, 0.1) is 18.6 Å². The van der Waals surface area contributed by atoms with Gasteiger partial charge in [-0.3, -0.25) is 4.79 Å². The first kappa shape index (κ1) is 16.9. The monoisotopic (exact) mass is 319 g/mol. The third kappa shape index (κ3) is 5.70. The van der Waals surface area contributed by atoms with E-state index in [1.165, 1.54) is 18.2 Å². The van der Waals surface area contributed by atoms with Crippen molar-refractivity contribution in [3.05, 3.63) is 65.2 Å². The van der Waals surface area contributed by atoms with E-state index in [1.54, 1.807) is 31.2 Å². The van der Waals surface area contributed by atoms with Crippen LogP contribution in [0.4, 0.5) is 8.78 Å². The molecule has 1 amide bonds. The zero-order valence-corrected chi connectivity index (χ0v) is 12.9. The number of halogens is 2. The fourth-order valence-corrected chi connectivity index (χ4v) is 1.99. The molecule has 122 valence electrons. The summed E-state index contributed by atoms with van der Waals surface area (Å²) in [5.41, 5.74) is 1.31. The van der Waals surface area contributed by atoms with E-state index in [9.17, 15) is 13.6 Å². The molecule has 0 spiro atoms. The third-order valence-corrected chi connectivity index (χ3v) is 3.36. The van der Waals surface area contributed by atoms with E-state index in [0.29, 0.717) is 37.3 Å². The Balaban J connectivity index is 1.65. The number of carbonyl (C=O) groups is 1. The molecular weight excluding hydrogens is 300 g/mol. The minimum Gasteiger partial charge on any atom is -0.494 e. The molecule has 5 heteroatoms. The van der Waals surface area contributed by atoms with Crippen LogP contribution in [0.5, 0.6) is 5.75 Å². The average Bonchev–Trinajstić information content (AvgIpc) is 2.54. The van der Waals surface area contributed by atoms with Crippen molar-refractivity contribution in [2.24, 2.45) is 0 Å². The van der Waals surface area contributed by atoms with Crippen molar-refractivity contribution in [1.82, 2.24) is 5.32 Å². The summed E-state index contributed by atoms with van der Waals surface area (Å²) in [6.45, 7) is 2.37. The molecule has 1 N–H and O–H groups in total. The fourth-order valence-electron chi connectivity index (χ4n) is 1.99. The highest BCUT2D eigenvalue weighted by molar-refractivity contribution is 5.75. The molecule has 0 saturated heterocycles. The predicted octanol–water partition coefficient (Wildman–Crippen LogP) is 3.75. The highest BCUT2D eigenvalue weighted by Crippen LogP contribution is 2.12. The number of ether oxygens (including phenoxy) is 1. The summed E-state index contributed by atoms with van der Waals surface area (Å²) in [5, 5.41) is 2.74. The largest absolute Gasteiger partial charge is 0.494 e. The van der Waals surface area contributed by atoms with Crippen molar-refractivity contribution < 1.29 is 18.3 Å². The van der Waals surface area contributed by atoms with Gasteiger partial charge in [0.25, 0.3) is 0 Å². The topological polar surface area (TPSA) is 38.3 Å². The highest BCUT2D eigenvalue weighted by atomic mass is 19.1. The summed E-state index contributed by atoms with van der Waals surface area (Å²) in [5.74, 6) is -0.135. The van der Waals surface area contributed by atoms with Gasteiger partial charge in [-0.05, 0) is 54.8 Å². The Labute approximate surface area is 134 Å². The van der Waals surface area contributed by atoms with Crippen LogP contribution < -0.4 is 10.1 Å². The van der Waals surface area contributed by atoms with Gasteiger partial charge in [-0.2, -0.15) is 0 Å². The smallest absolute Gasteiger partial charge is 0.220 e. The maximum Gasteiger partial charge on any atom is 0.220 e. The Hall–Kier alpha value is -2.43. The van der Waals surface area contributed by atoms with Gasteiger partial charge in [-0.15, -0.1) is 0 Å². The van der Waals surface area contributed by atoms with Crippen LogP contribution >= 0.6 is 0 Å². The van der Waals surface area contributed by atoms with Gasteiger partial charge in [0.1, 0.15) is 17.4 Å². The van der Waals surface area contributed by atoms with Crippen molar-refractivity contribution in [2.45, 2.75) is 26.3 Å². The molecular formula is C18H19F2NO2. The average molecular weight is 319 g/mol. The summed E-state index contributed by atoms with van der Waals surface area (Å²) >= 11 is 0. The van der Waals surface area contributed by atoms with Gasteiger partial charge >= 0.3 is 0 Å². The molecule has 0 unspecified atom stereocenters. The number of carbonyl (C=O) groups excluding carboxylic acids is 1. The zero-order chi connectivity index (χ0) is 16.7. The standard InChI is InChI=1S/C18H19F2NO2/c1-13-4-5-14(11-17(13)20)12-21-18(22)3-2-10-23-16-8-6-15(19)7-9-16/h4-9,11H,2-3,10,12H2,1H3,(H,21,22). The number of hydrogen-bond acceptors (Lipinski definition) is 2. The molecule has 0 aliphatic heterocycles. The second-order valence-corrected chi connectivity index (χ2v) is 5.27. The lowest BCUT2D eigenvalue weighted by Crippen LogP contribution is -2.23. The Morgan fingerprint density at radius 1 is 1.13 bits per heavy atom. The Morgan fingerprint density at radius 2 is 1.87 bits per heavy atom. The molecule has 0 aliphatic rings. The number of nitrogens with one attached hydrogen (secondary N) is 1. The van der Waals surface area contributed by atoms with E-state index in [2.05, 4.69) is 5.32 Å². The molecule has 23 heavy (non-hydrogen) atoms. The van der Waals surface area contributed by atoms with Crippen LogP contribution in [0.15, 0.2) is 42.5 Å². The molecule has 0 atom stereocenters. The Kier molecular flexibility index (Phi) is 6.09. The quantitative estimate of drug-likeness (QED) is 0.789. The summed E-state index contributed by atoms with van der Waals surface area (Å²) in [7, 11) is 0. The number of benzene rings is 2. The molecule has 0 saturated carbocycles. The maximum absolute atomic E-state index is 13.4. The van der Waals surface area contributed by atoms with Crippen molar-refractivity contribution >= 4 is 5.91 Å². The van der Waals surface area contributed by atoms with Crippen molar-refractivity contribution in [2.75, 3.05) is 6.61 Å². The first-order valence-corrected chi connectivity index (χ1v) is 7.44. The maximum atomic E-state index is 13.4. The molecule has 0 bridgehead atoms. The second kappa shape index (κ2) is 8.27. The lowest BCUT2D eigenvalue weighted by Gasteiger charge is -2.08. The lowest BCUT2D eigenvalue weighted by atomic mass is 10.1.